The molecule has 1 aliphatic rings. The Balaban J connectivity index is 2.54. The van der Waals surface area contributed by atoms with Gasteiger partial charge >= 0.3 is 0 Å². The van der Waals surface area contributed by atoms with Crippen LogP contribution in [-0.4, -0.2) is 47.6 Å². The summed E-state index contributed by atoms with van der Waals surface area (Å²) >= 11 is 0. The van der Waals surface area contributed by atoms with Crippen LogP contribution in [0.15, 0.2) is 0 Å². The van der Waals surface area contributed by atoms with Gasteiger partial charge in [-0.05, 0) is 19.3 Å². The van der Waals surface area contributed by atoms with E-state index in [1.807, 2.05) is 6.92 Å². The van der Waals surface area contributed by atoms with E-state index in [0.29, 0.717) is 6.61 Å². The fourth-order valence-electron chi connectivity index (χ4n) is 1.53. The summed E-state index contributed by atoms with van der Waals surface area (Å²) in [5.74, 6) is -0.0720. The van der Waals surface area contributed by atoms with Gasteiger partial charge in [-0.2, -0.15) is 0 Å². The average molecular weight is 217 g/mol. The zero-order chi connectivity index (χ0) is 11.5. The molecule has 1 saturated heterocycles. The highest BCUT2D eigenvalue weighted by atomic mass is 16.5. The Morgan fingerprint density at radius 2 is 2.13 bits per heavy atom. The summed E-state index contributed by atoms with van der Waals surface area (Å²) in [6, 6.07) is 0. The van der Waals surface area contributed by atoms with E-state index in [9.17, 15) is 4.79 Å². The van der Waals surface area contributed by atoms with Crippen molar-refractivity contribution in [2.45, 2.75) is 31.9 Å². The summed E-state index contributed by atoms with van der Waals surface area (Å²) in [5.41, 5.74) is -0.969. The van der Waals surface area contributed by atoms with Crippen molar-refractivity contribution in [1.82, 2.24) is 5.32 Å². The van der Waals surface area contributed by atoms with E-state index in [4.69, 9.17) is 14.9 Å². The molecule has 3 N–H and O–H groups in total. The van der Waals surface area contributed by atoms with Crippen molar-refractivity contribution < 1.29 is 19.7 Å². The van der Waals surface area contributed by atoms with Crippen LogP contribution in [0.1, 0.15) is 20.3 Å². The third-order valence-corrected chi connectivity index (χ3v) is 2.77. The summed E-state index contributed by atoms with van der Waals surface area (Å²) in [4.78, 5) is 11.7. The van der Waals surface area contributed by atoms with E-state index in [1.54, 1.807) is 6.92 Å². The van der Waals surface area contributed by atoms with Gasteiger partial charge in [-0.15, -0.1) is 0 Å². The van der Waals surface area contributed by atoms with Crippen LogP contribution in [0.2, 0.25) is 0 Å². The standard InChI is InChI=1S/C10H19NO4/c1-7-3-4-15-8(7)9(14)11-10(2,5-12)6-13/h7-8,12-13H,3-6H2,1-2H3,(H,11,14). The first-order valence-electron chi connectivity index (χ1n) is 5.18. The first-order chi connectivity index (χ1) is 7.02. The highest BCUT2D eigenvalue weighted by Crippen LogP contribution is 2.20. The molecular weight excluding hydrogens is 198 g/mol. The summed E-state index contributed by atoms with van der Waals surface area (Å²) in [6.45, 7) is 3.54. The number of rotatable bonds is 4. The molecule has 1 fully saturated rings. The number of nitrogens with one attached hydrogen (secondary N) is 1. The summed E-state index contributed by atoms with van der Waals surface area (Å²) in [6.07, 6.45) is 0.412. The van der Waals surface area contributed by atoms with Crippen LogP contribution in [-0.2, 0) is 9.53 Å². The molecule has 0 aromatic heterocycles. The van der Waals surface area contributed by atoms with Gasteiger partial charge in [-0.1, -0.05) is 6.92 Å². The monoisotopic (exact) mass is 217 g/mol. The fourth-order valence-corrected chi connectivity index (χ4v) is 1.53. The highest BCUT2D eigenvalue weighted by molar-refractivity contribution is 5.82. The largest absolute Gasteiger partial charge is 0.394 e. The molecule has 88 valence electrons. The number of amides is 1. The number of carbonyl (C=O) groups excluding carboxylic acids is 1. The Morgan fingerprint density at radius 3 is 2.53 bits per heavy atom. The number of hydrogen-bond acceptors (Lipinski definition) is 4. The van der Waals surface area contributed by atoms with E-state index >= 15 is 0 Å². The Kier molecular flexibility index (Phi) is 4.07. The Bertz CT molecular complexity index is 227. The van der Waals surface area contributed by atoms with Gasteiger partial charge in [0.25, 0.3) is 0 Å². The minimum Gasteiger partial charge on any atom is -0.394 e. The number of carbonyl (C=O) groups is 1. The molecule has 1 rings (SSSR count). The van der Waals surface area contributed by atoms with Gasteiger partial charge in [0.15, 0.2) is 0 Å². The second-order valence-corrected chi connectivity index (χ2v) is 4.42. The first kappa shape index (κ1) is 12.4. The Labute approximate surface area is 89.4 Å². The topological polar surface area (TPSA) is 78.8 Å². The molecule has 1 amide bonds. The van der Waals surface area contributed by atoms with Crippen LogP contribution in [0.4, 0.5) is 0 Å². The van der Waals surface area contributed by atoms with Crippen LogP contribution in [0.25, 0.3) is 0 Å². The second-order valence-electron chi connectivity index (χ2n) is 4.42. The lowest BCUT2D eigenvalue weighted by molar-refractivity contribution is -0.134. The maximum absolute atomic E-state index is 11.7. The van der Waals surface area contributed by atoms with Crippen molar-refractivity contribution in [2.24, 2.45) is 5.92 Å². The Morgan fingerprint density at radius 1 is 1.53 bits per heavy atom. The molecule has 0 aromatic rings. The maximum Gasteiger partial charge on any atom is 0.249 e. The molecule has 0 aromatic carbocycles. The van der Waals surface area contributed by atoms with Gasteiger partial charge in [-0.25, -0.2) is 0 Å². The molecule has 5 heteroatoms. The second kappa shape index (κ2) is 4.92. The van der Waals surface area contributed by atoms with Crippen LogP contribution >= 0.6 is 0 Å². The van der Waals surface area contributed by atoms with Crippen LogP contribution in [0.3, 0.4) is 0 Å². The van der Waals surface area contributed by atoms with Crippen molar-refractivity contribution in [3.8, 4) is 0 Å². The molecule has 1 aliphatic heterocycles. The van der Waals surface area contributed by atoms with Crippen LogP contribution in [0, 0.1) is 5.92 Å². The summed E-state index contributed by atoms with van der Waals surface area (Å²) in [5, 5.41) is 20.7. The molecule has 0 radical (unpaired) electrons. The van der Waals surface area contributed by atoms with Crippen molar-refractivity contribution >= 4 is 5.91 Å². The van der Waals surface area contributed by atoms with E-state index in [2.05, 4.69) is 5.32 Å². The van der Waals surface area contributed by atoms with Crippen LogP contribution < -0.4 is 5.32 Å². The average Bonchev–Trinajstić information content (AvgIpc) is 2.64. The van der Waals surface area contributed by atoms with Gasteiger partial charge in [0.05, 0.1) is 18.8 Å². The molecular formula is C10H19NO4. The predicted molar refractivity (Wildman–Crippen MR) is 54.2 cm³/mol. The molecule has 0 saturated carbocycles. The van der Waals surface area contributed by atoms with Gasteiger partial charge in [0.1, 0.15) is 6.10 Å². The molecule has 1 heterocycles. The van der Waals surface area contributed by atoms with Crippen molar-refractivity contribution in [1.29, 1.82) is 0 Å². The number of ether oxygens (including phenoxy) is 1. The lowest BCUT2D eigenvalue weighted by atomic mass is 10.0. The third-order valence-electron chi connectivity index (χ3n) is 2.77. The van der Waals surface area contributed by atoms with E-state index in [-0.39, 0.29) is 25.0 Å². The minimum atomic E-state index is -0.969. The van der Waals surface area contributed by atoms with E-state index in [1.165, 1.54) is 0 Å². The van der Waals surface area contributed by atoms with Crippen LogP contribution in [0.5, 0.6) is 0 Å². The minimum absolute atomic E-state index is 0.187. The van der Waals surface area contributed by atoms with E-state index in [0.717, 1.165) is 6.42 Å². The smallest absolute Gasteiger partial charge is 0.249 e. The predicted octanol–water partition coefficient (Wildman–Crippen LogP) is -0.729. The number of aliphatic hydroxyl groups is 2. The first-order valence-corrected chi connectivity index (χ1v) is 5.18. The molecule has 15 heavy (non-hydrogen) atoms. The normalized spacial score (nSPS) is 26.7. The molecule has 0 aliphatic carbocycles. The lowest BCUT2D eigenvalue weighted by Crippen LogP contribution is -2.55. The van der Waals surface area contributed by atoms with Gasteiger partial charge < -0.3 is 20.3 Å². The third kappa shape index (κ3) is 2.90. The number of hydrogen-bond donors (Lipinski definition) is 3. The zero-order valence-corrected chi connectivity index (χ0v) is 9.19. The molecule has 2 unspecified atom stereocenters. The quantitative estimate of drug-likeness (QED) is 0.580. The molecule has 0 bridgehead atoms. The van der Waals surface area contributed by atoms with Crippen molar-refractivity contribution in [3.63, 3.8) is 0 Å². The summed E-state index contributed by atoms with van der Waals surface area (Å²) < 4.78 is 5.29. The van der Waals surface area contributed by atoms with E-state index < -0.39 is 11.6 Å². The van der Waals surface area contributed by atoms with Crippen molar-refractivity contribution in [2.75, 3.05) is 19.8 Å². The fraction of sp³-hybridized carbons (Fsp3) is 0.900. The van der Waals surface area contributed by atoms with Gasteiger partial charge in [-0.3, -0.25) is 4.79 Å². The van der Waals surface area contributed by atoms with Gasteiger partial charge in [0, 0.05) is 6.61 Å². The highest BCUT2D eigenvalue weighted by Gasteiger charge is 2.34. The summed E-state index contributed by atoms with van der Waals surface area (Å²) in [7, 11) is 0. The SMILES string of the molecule is CC1CCOC1C(=O)NC(C)(CO)CO. The number of aliphatic hydroxyl groups excluding tert-OH is 2. The molecule has 2 atom stereocenters. The lowest BCUT2D eigenvalue weighted by Gasteiger charge is -2.28. The maximum atomic E-state index is 11.7. The molecule has 5 nitrogen and oxygen atoms in total. The molecule has 0 spiro atoms. The zero-order valence-electron chi connectivity index (χ0n) is 9.19. The Hall–Kier alpha value is -0.650. The van der Waals surface area contributed by atoms with Gasteiger partial charge in [0.2, 0.25) is 5.91 Å². The van der Waals surface area contributed by atoms with Crippen molar-refractivity contribution in [3.05, 3.63) is 0 Å².